The lowest BCUT2D eigenvalue weighted by molar-refractivity contribution is -0.126. The number of phenolic OH excluding ortho intramolecular Hbond substituents is 1. The van der Waals surface area contributed by atoms with Crippen LogP contribution in [0.2, 0.25) is 0 Å². The fourth-order valence-electron chi connectivity index (χ4n) is 4.97. The van der Waals surface area contributed by atoms with Crippen molar-refractivity contribution in [3.8, 4) is 11.8 Å². The summed E-state index contributed by atoms with van der Waals surface area (Å²) >= 11 is 0. The monoisotopic (exact) mass is 487 g/mol. The smallest absolute Gasteiger partial charge is 0.318 e. The van der Waals surface area contributed by atoms with E-state index >= 15 is 0 Å². The predicted octanol–water partition coefficient (Wildman–Crippen LogP) is 3.77. The van der Waals surface area contributed by atoms with E-state index in [4.69, 9.17) is 14.7 Å². The highest BCUT2D eigenvalue weighted by molar-refractivity contribution is 5.95. The van der Waals surface area contributed by atoms with Crippen molar-refractivity contribution in [3.05, 3.63) is 60.3 Å². The fourth-order valence-corrected chi connectivity index (χ4v) is 4.97. The first-order valence-electron chi connectivity index (χ1n) is 12.6. The summed E-state index contributed by atoms with van der Waals surface area (Å²) in [7, 11) is 0. The number of nitrogens with zero attached hydrogens (tertiary/aromatic N) is 5. The van der Waals surface area contributed by atoms with Crippen LogP contribution in [0.5, 0.6) is 11.8 Å². The number of phenols is 1. The van der Waals surface area contributed by atoms with Gasteiger partial charge in [-0.1, -0.05) is 44.7 Å². The van der Waals surface area contributed by atoms with Crippen molar-refractivity contribution in [3.63, 3.8) is 0 Å². The van der Waals surface area contributed by atoms with Crippen LogP contribution in [0, 0.1) is 5.92 Å². The van der Waals surface area contributed by atoms with E-state index in [1.807, 2.05) is 29.2 Å². The lowest BCUT2D eigenvalue weighted by Crippen LogP contribution is -2.49. The topological polar surface area (TPSA) is 82.0 Å². The highest BCUT2D eigenvalue weighted by atomic mass is 16.5. The molecule has 0 unspecified atom stereocenters. The molecule has 2 aliphatic heterocycles. The van der Waals surface area contributed by atoms with Crippen molar-refractivity contribution >= 4 is 28.2 Å². The molecule has 0 aliphatic carbocycles. The fraction of sp³-hybridized carbons (Fsp3) is 0.393. The molecule has 1 saturated heterocycles. The minimum atomic E-state index is -0.0331. The van der Waals surface area contributed by atoms with E-state index < -0.39 is 0 Å². The molecule has 1 amide bonds. The van der Waals surface area contributed by atoms with E-state index in [1.165, 1.54) is 6.08 Å². The zero-order valence-corrected chi connectivity index (χ0v) is 21.0. The Labute approximate surface area is 211 Å². The zero-order chi connectivity index (χ0) is 25.2. The molecule has 1 fully saturated rings. The Kier molecular flexibility index (Phi) is 6.67. The van der Waals surface area contributed by atoms with Gasteiger partial charge in [0.15, 0.2) is 0 Å². The van der Waals surface area contributed by atoms with Crippen LogP contribution in [0.3, 0.4) is 0 Å². The van der Waals surface area contributed by atoms with Gasteiger partial charge in [-0.25, -0.2) is 0 Å². The molecule has 0 atom stereocenters. The van der Waals surface area contributed by atoms with Crippen molar-refractivity contribution < 1.29 is 14.6 Å². The van der Waals surface area contributed by atoms with Crippen LogP contribution in [0.15, 0.2) is 49.1 Å². The number of aromatic hydroxyl groups is 1. The number of hydrogen-bond acceptors (Lipinski definition) is 7. The molecular weight excluding hydrogens is 454 g/mol. The summed E-state index contributed by atoms with van der Waals surface area (Å²) in [5, 5.41) is 12.5. The Balaban J connectivity index is 1.47. The maximum Gasteiger partial charge on any atom is 0.318 e. The first kappa shape index (κ1) is 23.9. The third kappa shape index (κ3) is 4.80. The van der Waals surface area contributed by atoms with Crippen LogP contribution in [-0.2, 0) is 17.8 Å². The number of fused-ring (bicyclic) bond motifs is 2. The number of aromatic nitrogens is 2. The van der Waals surface area contributed by atoms with Gasteiger partial charge in [0.25, 0.3) is 0 Å². The molecular formula is C28H33N5O3. The van der Waals surface area contributed by atoms with Gasteiger partial charge in [0, 0.05) is 55.4 Å². The van der Waals surface area contributed by atoms with E-state index in [9.17, 15) is 9.90 Å². The molecule has 3 aromatic rings. The Morgan fingerprint density at radius 1 is 1.11 bits per heavy atom. The zero-order valence-electron chi connectivity index (χ0n) is 21.0. The van der Waals surface area contributed by atoms with Crippen LogP contribution in [0.1, 0.15) is 25.1 Å². The van der Waals surface area contributed by atoms with Crippen LogP contribution in [-0.4, -0.2) is 65.2 Å². The molecule has 8 nitrogen and oxygen atoms in total. The molecule has 3 heterocycles. The predicted molar refractivity (Wildman–Crippen MR) is 142 cm³/mol. The molecule has 2 aromatic carbocycles. The molecule has 1 aromatic heterocycles. The normalized spacial score (nSPS) is 15.8. The maximum absolute atomic E-state index is 12.1. The number of piperazine rings is 1. The van der Waals surface area contributed by atoms with Gasteiger partial charge in [-0.15, -0.1) is 0 Å². The van der Waals surface area contributed by atoms with Crippen molar-refractivity contribution in [1.82, 2.24) is 14.9 Å². The molecule has 188 valence electrons. The highest BCUT2D eigenvalue weighted by Crippen LogP contribution is 2.36. The van der Waals surface area contributed by atoms with Gasteiger partial charge < -0.3 is 24.5 Å². The SMILES string of the molecule is C=CC(=O)N1CCN(c2nc(OCC(C)C)nc3c2CCN(c2cc(O)cc4ccccc24)C3)CC1. The molecule has 5 rings (SSSR count). The Morgan fingerprint density at radius 2 is 1.89 bits per heavy atom. The van der Waals surface area contributed by atoms with Crippen LogP contribution in [0.25, 0.3) is 10.8 Å². The highest BCUT2D eigenvalue weighted by Gasteiger charge is 2.29. The number of anilines is 2. The number of carbonyl (C=O) groups is 1. The number of rotatable bonds is 6. The summed E-state index contributed by atoms with van der Waals surface area (Å²) in [6.45, 7) is 12.4. The molecule has 0 bridgehead atoms. The molecule has 1 N–H and O–H groups in total. The molecule has 8 heteroatoms. The lowest BCUT2D eigenvalue weighted by atomic mass is 10.0. The number of hydrogen-bond donors (Lipinski definition) is 1. The number of benzene rings is 2. The van der Waals surface area contributed by atoms with E-state index in [-0.39, 0.29) is 11.7 Å². The molecule has 0 spiro atoms. The van der Waals surface area contributed by atoms with Gasteiger partial charge in [-0.3, -0.25) is 4.79 Å². The van der Waals surface area contributed by atoms with Crippen LogP contribution < -0.4 is 14.5 Å². The maximum atomic E-state index is 12.1. The number of amides is 1. The third-order valence-corrected chi connectivity index (χ3v) is 6.80. The van der Waals surface area contributed by atoms with Crippen molar-refractivity contribution in [2.24, 2.45) is 5.92 Å². The van der Waals surface area contributed by atoms with Crippen molar-refractivity contribution in [1.29, 1.82) is 0 Å². The summed E-state index contributed by atoms with van der Waals surface area (Å²) < 4.78 is 5.99. The second-order valence-corrected chi connectivity index (χ2v) is 9.83. The number of ether oxygens (including phenoxy) is 1. The second-order valence-electron chi connectivity index (χ2n) is 9.83. The van der Waals surface area contributed by atoms with Crippen molar-refractivity contribution in [2.75, 3.05) is 49.1 Å². The Morgan fingerprint density at radius 3 is 2.64 bits per heavy atom. The minimum absolute atomic E-state index is 0.0331. The van der Waals surface area contributed by atoms with Gasteiger partial charge in [-0.05, 0) is 29.9 Å². The summed E-state index contributed by atoms with van der Waals surface area (Å²) in [5.41, 5.74) is 3.08. The standard InChI is InChI=1S/C28H33N5O3/c1-4-26(35)31-11-13-32(14-12-31)27-23-9-10-33(17-24(23)29-28(30-27)36-18-19(2)3)25-16-21(34)15-20-7-5-6-8-22(20)25/h4-8,15-16,19,34H,1,9-14,17-18H2,2-3H3. The van der Waals surface area contributed by atoms with E-state index in [2.05, 4.69) is 36.3 Å². The summed E-state index contributed by atoms with van der Waals surface area (Å²) in [6.07, 6.45) is 2.16. The van der Waals surface area contributed by atoms with Crippen LogP contribution in [0.4, 0.5) is 11.5 Å². The average molecular weight is 488 g/mol. The first-order valence-corrected chi connectivity index (χ1v) is 12.6. The second kappa shape index (κ2) is 10.0. The Bertz CT molecular complexity index is 1280. The summed E-state index contributed by atoms with van der Waals surface area (Å²) in [6, 6.07) is 12.1. The van der Waals surface area contributed by atoms with Gasteiger partial charge in [0.05, 0.1) is 18.8 Å². The van der Waals surface area contributed by atoms with E-state index in [0.29, 0.717) is 51.3 Å². The minimum Gasteiger partial charge on any atom is -0.508 e. The summed E-state index contributed by atoms with van der Waals surface area (Å²) in [5.74, 6) is 1.49. The van der Waals surface area contributed by atoms with Crippen LogP contribution >= 0.6 is 0 Å². The molecule has 0 saturated carbocycles. The van der Waals surface area contributed by atoms with Crippen molar-refractivity contribution in [2.45, 2.75) is 26.8 Å². The van der Waals surface area contributed by atoms with Gasteiger partial charge >= 0.3 is 6.01 Å². The quantitative estimate of drug-likeness (QED) is 0.530. The number of carbonyl (C=O) groups excluding carboxylic acids is 1. The molecule has 0 radical (unpaired) electrons. The largest absolute Gasteiger partial charge is 0.508 e. The van der Waals surface area contributed by atoms with Gasteiger partial charge in [-0.2, -0.15) is 9.97 Å². The van der Waals surface area contributed by atoms with Gasteiger partial charge in [0.2, 0.25) is 5.91 Å². The van der Waals surface area contributed by atoms with Gasteiger partial charge in [0.1, 0.15) is 11.6 Å². The summed E-state index contributed by atoms with van der Waals surface area (Å²) in [4.78, 5) is 28.1. The Hall–Kier alpha value is -3.81. The lowest BCUT2D eigenvalue weighted by Gasteiger charge is -2.38. The van der Waals surface area contributed by atoms with E-state index in [1.54, 1.807) is 6.07 Å². The molecule has 2 aliphatic rings. The average Bonchev–Trinajstić information content (AvgIpc) is 2.90. The van der Waals surface area contributed by atoms with E-state index in [0.717, 1.165) is 46.5 Å². The third-order valence-electron chi connectivity index (χ3n) is 6.80. The first-order chi connectivity index (χ1) is 17.4. The molecule has 36 heavy (non-hydrogen) atoms.